The highest BCUT2D eigenvalue weighted by atomic mass is 16.5. The zero-order chi connectivity index (χ0) is 25.5. The van der Waals surface area contributed by atoms with E-state index in [2.05, 4.69) is 10.3 Å². The van der Waals surface area contributed by atoms with Gasteiger partial charge in [0.2, 0.25) is 0 Å². The Morgan fingerprint density at radius 1 is 1.03 bits per heavy atom. The number of aromatic nitrogens is 1. The summed E-state index contributed by atoms with van der Waals surface area (Å²) in [6.45, 7) is 3.96. The number of benzene rings is 2. The van der Waals surface area contributed by atoms with E-state index in [4.69, 9.17) is 13.9 Å². The lowest BCUT2D eigenvalue weighted by atomic mass is 10.1. The highest BCUT2D eigenvalue weighted by Crippen LogP contribution is 2.23. The first-order chi connectivity index (χ1) is 17.4. The minimum Gasteiger partial charge on any atom is -0.489 e. The molecule has 2 aromatic carbocycles. The summed E-state index contributed by atoms with van der Waals surface area (Å²) in [4.78, 5) is 41.5. The van der Waals surface area contributed by atoms with E-state index >= 15 is 0 Å². The van der Waals surface area contributed by atoms with Gasteiger partial charge < -0.3 is 19.2 Å². The van der Waals surface area contributed by atoms with E-state index in [1.54, 1.807) is 37.4 Å². The minimum atomic E-state index is -0.784. The van der Waals surface area contributed by atoms with E-state index in [1.807, 2.05) is 37.3 Å². The maximum atomic E-state index is 12.9. The lowest BCUT2D eigenvalue weighted by molar-refractivity contribution is -0.144. The molecule has 2 heterocycles. The summed E-state index contributed by atoms with van der Waals surface area (Å²) >= 11 is 0. The zero-order valence-electron chi connectivity index (χ0n) is 20.1. The van der Waals surface area contributed by atoms with Gasteiger partial charge in [0, 0.05) is 29.3 Å². The molecule has 0 spiro atoms. The van der Waals surface area contributed by atoms with E-state index in [9.17, 15) is 14.4 Å². The maximum Gasteiger partial charge on any atom is 0.349 e. The van der Waals surface area contributed by atoms with Gasteiger partial charge in [-0.2, -0.15) is 0 Å². The van der Waals surface area contributed by atoms with Crippen LogP contribution < -0.4 is 15.7 Å². The van der Waals surface area contributed by atoms with Gasteiger partial charge in [-0.1, -0.05) is 37.3 Å². The molecule has 36 heavy (non-hydrogen) atoms. The Bertz CT molecular complexity index is 1430. The van der Waals surface area contributed by atoms with Crippen molar-refractivity contribution in [3.8, 4) is 5.75 Å². The number of aryl methyl sites for hydroxylation is 1. The Hall–Kier alpha value is -4.46. The van der Waals surface area contributed by atoms with E-state index < -0.39 is 11.5 Å². The second-order valence-corrected chi connectivity index (χ2v) is 8.22. The fourth-order valence-corrected chi connectivity index (χ4v) is 3.56. The number of anilines is 1. The predicted octanol–water partition coefficient (Wildman–Crippen LogP) is 5.17. The highest BCUT2D eigenvalue weighted by Gasteiger charge is 2.18. The maximum absolute atomic E-state index is 12.9. The van der Waals surface area contributed by atoms with Gasteiger partial charge in [-0.3, -0.25) is 14.6 Å². The van der Waals surface area contributed by atoms with Crippen LogP contribution in [0.25, 0.3) is 11.0 Å². The number of nitrogens with one attached hydrogen (secondary N) is 1. The predicted molar refractivity (Wildman–Crippen MR) is 135 cm³/mol. The zero-order valence-corrected chi connectivity index (χ0v) is 20.1. The molecule has 0 aliphatic carbocycles. The Balaban J connectivity index is 1.50. The van der Waals surface area contributed by atoms with Crippen molar-refractivity contribution in [2.45, 2.75) is 39.9 Å². The SMILES string of the molecule is CCCC(=O)OCc1cnc(C)c2oc(=O)c(C(=O)Nc3ccc(OCc4ccccc4)cc3)cc12. The lowest BCUT2D eigenvalue weighted by Crippen LogP contribution is -2.21. The number of hydrogen-bond acceptors (Lipinski definition) is 7. The number of rotatable bonds is 9. The minimum absolute atomic E-state index is 0.0398. The fraction of sp³-hybridized carbons (Fsp3) is 0.214. The molecule has 0 aliphatic rings. The van der Waals surface area contributed by atoms with Gasteiger partial charge >= 0.3 is 11.6 Å². The Morgan fingerprint density at radius 3 is 2.50 bits per heavy atom. The molecule has 0 atom stereocenters. The second-order valence-electron chi connectivity index (χ2n) is 8.22. The van der Waals surface area contributed by atoms with Crippen LogP contribution in [-0.4, -0.2) is 16.9 Å². The molecule has 0 radical (unpaired) electrons. The average molecular weight is 487 g/mol. The lowest BCUT2D eigenvalue weighted by Gasteiger charge is -2.10. The van der Waals surface area contributed by atoms with Crippen LogP contribution >= 0.6 is 0 Å². The smallest absolute Gasteiger partial charge is 0.349 e. The van der Waals surface area contributed by atoms with E-state index in [-0.39, 0.29) is 23.7 Å². The van der Waals surface area contributed by atoms with Crippen LogP contribution in [0.4, 0.5) is 5.69 Å². The van der Waals surface area contributed by atoms with Crippen molar-refractivity contribution < 1.29 is 23.5 Å². The number of carbonyl (C=O) groups excluding carboxylic acids is 2. The topological polar surface area (TPSA) is 108 Å². The van der Waals surface area contributed by atoms with Crippen molar-refractivity contribution in [2.75, 3.05) is 5.32 Å². The molecule has 0 fully saturated rings. The summed E-state index contributed by atoms with van der Waals surface area (Å²) in [6, 6.07) is 18.1. The molecule has 1 amide bonds. The number of hydrogen-bond donors (Lipinski definition) is 1. The van der Waals surface area contributed by atoms with Gasteiger partial charge in [0.05, 0.1) is 5.69 Å². The Labute approximate surface area is 207 Å². The van der Waals surface area contributed by atoms with Crippen LogP contribution in [0.5, 0.6) is 5.75 Å². The van der Waals surface area contributed by atoms with Gasteiger partial charge in [0.15, 0.2) is 5.58 Å². The fourth-order valence-electron chi connectivity index (χ4n) is 3.56. The van der Waals surface area contributed by atoms with Gasteiger partial charge in [0.1, 0.15) is 24.5 Å². The molecular formula is C28H26N2O6. The van der Waals surface area contributed by atoms with Crippen molar-refractivity contribution in [3.05, 3.63) is 99.7 Å². The first-order valence-electron chi connectivity index (χ1n) is 11.6. The summed E-state index contributed by atoms with van der Waals surface area (Å²) in [5.41, 5.74) is 1.86. The second kappa shape index (κ2) is 11.3. The Kier molecular flexibility index (Phi) is 7.75. The standard InChI is InChI=1S/C28H26N2O6/c1-3-7-25(31)35-17-20-15-29-18(2)26-23(20)14-24(28(33)36-26)27(32)30-21-10-12-22(13-11-21)34-16-19-8-5-4-6-9-19/h4-6,8-15H,3,7,16-17H2,1-2H3,(H,30,32). The van der Waals surface area contributed by atoms with Gasteiger partial charge in [0.25, 0.3) is 5.91 Å². The molecule has 0 unspecified atom stereocenters. The largest absolute Gasteiger partial charge is 0.489 e. The monoisotopic (exact) mass is 486 g/mol. The van der Waals surface area contributed by atoms with Gasteiger partial charge in [-0.25, -0.2) is 4.79 Å². The molecule has 8 heteroatoms. The van der Waals surface area contributed by atoms with Crippen LogP contribution in [0.2, 0.25) is 0 Å². The molecular weight excluding hydrogens is 460 g/mol. The number of carbonyl (C=O) groups is 2. The summed E-state index contributed by atoms with van der Waals surface area (Å²) in [5, 5.41) is 3.20. The number of ether oxygens (including phenoxy) is 2. The summed E-state index contributed by atoms with van der Waals surface area (Å²) in [6.07, 6.45) is 2.52. The van der Waals surface area contributed by atoms with Crippen LogP contribution in [0.1, 0.15) is 46.9 Å². The molecule has 0 aliphatic heterocycles. The quantitative estimate of drug-likeness (QED) is 0.325. The first-order valence-corrected chi connectivity index (χ1v) is 11.6. The molecule has 184 valence electrons. The number of fused-ring (bicyclic) bond motifs is 1. The number of esters is 1. The van der Waals surface area contributed by atoms with E-state index in [0.717, 1.165) is 5.56 Å². The van der Waals surface area contributed by atoms with E-state index in [0.29, 0.717) is 47.5 Å². The van der Waals surface area contributed by atoms with E-state index in [1.165, 1.54) is 6.07 Å². The molecule has 2 aromatic heterocycles. The number of amides is 1. The number of pyridine rings is 1. The Morgan fingerprint density at radius 2 is 1.78 bits per heavy atom. The number of nitrogens with zero attached hydrogens (tertiary/aromatic N) is 1. The molecule has 0 saturated carbocycles. The average Bonchev–Trinajstić information content (AvgIpc) is 2.88. The van der Waals surface area contributed by atoms with Crippen LogP contribution in [-0.2, 0) is 22.7 Å². The third kappa shape index (κ3) is 5.96. The van der Waals surface area contributed by atoms with Crippen LogP contribution in [0.15, 0.2) is 76.1 Å². The summed E-state index contributed by atoms with van der Waals surface area (Å²) in [7, 11) is 0. The highest BCUT2D eigenvalue weighted by molar-refractivity contribution is 6.05. The molecule has 0 saturated heterocycles. The van der Waals surface area contributed by atoms with Gasteiger partial charge in [-0.05, 0) is 49.2 Å². The van der Waals surface area contributed by atoms with Gasteiger partial charge in [-0.15, -0.1) is 0 Å². The summed E-state index contributed by atoms with van der Waals surface area (Å²) < 4.78 is 16.5. The molecule has 4 aromatic rings. The normalized spacial score (nSPS) is 10.7. The van der Waals surface area contributed by atoms with Crippen molar-refractivity contribution in [3.63, 3.8) is 0 Å². The van der Waals surface area contributed by atoms with Crippen LogP contribution in [0.3, 0.4) is 0 Å². The third-order valence-corrected chi connectivity index (χ3v) is 5.48. The van der Waals surface area contributed by atoms with Crippen molar-refractivity contribution in [1.29, 1.82) is 0 Å². The van der Waals surface area contributed by atoms with Crippen molar-refractivity contribution in [1.82, 2.24) is 4.98 Å². The molecule has 0 bridgehead atoms. The molecule has 4 rings (SSSR count). The molecule has 1 N–H and O–H groups in total. The third-order valence-electron chi connectivity index (χ3n) is 5.48. The first kappa shape index (κ1) is 24.7. The summed E-state index contributed by atoms with van der Waals surface area (Å²) in [5.74, 6) is -0.308. The molecule has 8 nitrogen and oxygen atoms in total. The van der Waals surface area contributed by atoms with Crippen molar-refractivity contribution in [2.24, 2.45) is 0 Å². The van der Waals surface area contributed by atoms with Crippen molar-refractivity contribution >= 4 is 28.5 Å². The van der Waals surface area contributed by atoms with Crippen LogP contribution in [0, 0.1) is 6.92 Å².